The predicted octanol–water partition coefficient (Wildman–Crippen LogP) is 8.74. The van der Waals surface area contributed by atoms with Crippen molar-refractivity contribution in [3.8, 4) is 0 Å². The van der Waals surface area contributed by atoms with Gasteiger partial charge in [0.25, 0.3) is 0 Å². The lowest BCUT2D eigenvalue weighted by Crippen LogP contribution is -1.86. The lowest BCUT2D eigenvalue weighted by atomic mass is 9.90. The van der Waals surface area contributed by atoms with Crippen molar-refractivity contribution in [2.45, 2.75) is 0 Å². The Morgan fingerprint density at radius 3 is 1.17 bits per heavy atom. The van der Waals surface area contributed by atoms with E-state index in [1.165, 1.54) is 53.9 Å². The minimum absolute atomic E-state index is 1.15. The topological polar surface area (TPSA) is 0 Å². The fourth-order valence-corrected chi connectivity index (χ4v) is 4.82. The van der Waals surface area contributed by atoms with Gasteiger partial charge in [0.2, 0.25) is 0 Å². The molecule has 0 amide bonds. The van der Waals surface area contributed by atoms with Crippen LogP contribution in [0, 0.1) is 0 Å². The van der Waals surface area contributed by atoms with Crippen molar-refractivity contribution >= 4 is 66.0 Å². The third-order valence-corrected chi connectivity index (χ3v) is 6.30. The largest absolute Gasteiger partial charge is 0.0985 e. The quantitative estimate of drug-likeness (QED) is 0.263. The van der Waals surface area contributed by atoms with E-state index in [9.17, 15) is 0 Å². The van der Waals surface area contributed by atoms with Crippen LogP contribution in [0.2, 0.25) is 0 Å². The van der Waals surface area contributed by atoms with Gasteiger partial charge in [-0.05, 0) is 77.1 Å². The van der Waals surface area contributed by atoms with E-state index in [1.54, 1.807) is 0 Å². The second-order valence-electron chi connectivity index (χ2n) is 7.93. The number of hydrogen-bond acceptors (Lipinski definition) is 0. The predicted molar refractivity (Wildman–Crippen MR) is 134 cm³/mol. The molecule has 0 aromatic heterocycles. The van der Waals surface area contributed by atoms with E-state index in [2.05, 4.69) is 98.1 Å². The van der Waals surface area contributed by atoms with Gasteiger partial charge < -0.3 is 0 Å². The van der Waals surface area contributed by atoms with Crippen LogP contribution in [-0.2, 0) is 0 Å². The molecule has 0 aliphatic rings. The van der Waals surface area contributed by atoms with E-state index in [1.807, 2.05) is 12.2 Å². The van der Waals surface area contributed by atoms with Crippen LogP contribution in [0.25, 0.3) is 66.0 Å². The SMILES string of the molecule is C=Cc1ccc2c(ccc3ccc4ccc5ccc6cc(C=C)ccc6c5c4c32)c1. The first kappa shape index (κ1) is 17.0. The molecule has 6 aromatic carbocycles. The third kappa shape index (κ3) is 2.34. The summed E-state index contributed by atoms with van der Waals surface area (Å²) in [6.45, 7) is 7.86. The molecule has 0 heterocycles. The molecule has 0 atom stereocenters. The van der Waals surface area contributed by atoms with Gasteiger partial charge in [0.15, 0.2) is 0 Å². The van der Waals surface area contributed by atoms with Crippen LogP contribution in [0.5, 0.6) is 0 Å². The van der Waals surface area contributed by atoms with Crippen LogP contribution in [0.1, 0.15) is 11.1 Å². The maximum atomic E-state index is 3.93. The number of benzene rings is 6. The van der Waals surface area contributed by atoms with Crippen molar-refractivity contribution < 1.29 is 0 Å². The summed E-state index contributed by atoms with van der Waals surface area (Å²) < 4.78 is 0. The molecule has 0 radical (unpaired) electrons. The lowest BCUT2D eigenvalue weighted by Gasteiger charge is -2.13. The Bertz CT molecular complexity index is 1540. The summed E-state index contributed by atoms with van der Waals surface area (Å²) in [5.41, 5.74) is 2.30. The maximum absolute atomic E-state index is 3.93. The van der Waals surface area contributed by atoms with Crippen LogP contribution in [0.4, 0.5) is 0 Å². The van der Waals surface area contributed by atoms with Crippen molar-refractivity contribution in [3.05, 3.63) is 109 Å². The Kier molecular flexibility index (Phi) is 3.57. The van der Waals surface area contributed by atoms with Gasteiger partial charge in [0, 0.05) is 0 Å². The Labute approximate surface area is 175 Å². The average Bonchev–Trinajstić information content (AvgIpc) is 2.82. The molecule has 0 aliphatic carbocycles. The molecule has 6 aromatic rings. The van der Waals surface area contributed by atoms with Crippen LogP contribution in [0.15, 0.2) is 98.1 Å². The summed E-state index contributed by atoms with van der Waals surface area (Å²) in [6.07, 6.45) is 3.82. The maximum Gasteiger partial charge on any atom is -0.00143 e. The number of hydrogen-bond donors (Lipinski definition) is 0. The number of rotatable bonds is 2. The Balaban J connectivity index is 1.91. The Hall–Kier alpha value is -3.90. The standard InChI is InChI=1S/C30H20/c1-3-19-5-15-26-24(17-19)13-11-21-7-9-23-10-8-22-12-14-25-18-20(4-2)6-16-27(25)29(22)30(23)28(21)26/h3-18H,1-2H2. The first-order valence-electron chi connectivity index (χ1n) is 10.3. The monoisotopic (exact) mass is 380 g/mol. The van der Waals surface area contributed by atoms with E-state index in [0.29, 0.717) is 0 Å². The molecule has 30 heavy (non-hydrogen) atoms. The van der Waals surface area contributed by atoms with Crippen molar-refractivity contribution in [3.63, 3.8) is 0 Å². The average molecular weight is 380 g/mol. The minimum Gasteiger partial charge on any atom is -0.0985 e. The molecule has 0 unspecified atom stereocenters. The van der Waals surface area contributed by atoms with Crippen LogP contribution >= 0.6 is 0 Å². The van der Waals surface area contributed by atoms with Crippen molar-refractivity contribution in [1.82, 2.24) is 0 Å². The van der Waals surface area contributed by atoms with Gasteiger partial charge in [-0.2, -0.15) is 0 Å². The normalized spacial score (nSPS) is 11.6. The summed E-state index contributed by atoms with van der Waals surface area (Å²) in [5, 5.41) is 12.9. The molecule has 0 fully saturated rings. The van der Waals surface area contributed by atoms with Gasteiger partial charge in [-0.1, -0.05) is 98.1 Å². The summed E-state index contributed by atoms with van der Waals surface area (Å²) in [7, 11) is 0. The fourth-order valence-electron chi connectivity index (χ4n) is 4.82. The summed E-state index contributed by atoms with van der Waals surface area (Å²) in [5.74, 6) is 0. The molecule has 0 saturated heterocycles. The lowest BCUT2D eigenvalue weighted by molar-refractivity contribution is 1.73. The number of fused-ring (bicyclic) bond motifs is 9. The molecular formula is C30H20. The Morgan fingerprint density at radius 2 is 0.767 bits per heavy atom. The molecule has 0 N–H and O–H groups in total. The summed E-state index contributed by atoms with van der Waals surface area (Å²) >= 11 is 0. The molecule has 0 bridgehead atoms. The molecule has 0 nitrogen and oxygen atoms in total. The highest BCUT2D eigenvalue weighted by Crippen LogP contribution is 2.39. The summed E-state index contributed by atoms with van der Waals surface area (Å²) in [4.78, 5) is 0. The van der Waals surface area contributed by atoms with Crippen molar-refractivity contribution in [1.29, 1.82) is 0 Å². The van der Waals surface area contributed by atoms with Gasteiger partial charge in [-0.25, -0.2) is 0 Å². The molecular weight excluding hydrogens is 360 g/mol. The molecule has 0 heteroatoms. The van der Waals surface area contributed by atoms with Gasteiger partial charge in [0.05, 0.1) is 0 Å². The van der Waals surface area contributed by atoms with Crippen LogP contribution in [-0.4, -0.2) is 0 Å². The van der Waals surface area contributed by atoms with E-state index in [0.717, 1.165) is 11.1 Å². The highest BCUT2D eigenvalue weighted by Gasteiger charge is 2.11. The van der Waals surface area contributed by atoms with Gasteiger partial charge in [-0.15, -0.1) is 0 Å². The zero-order valence-corrected chi connectivity index (χ0v) is 16.7. The molecule has 0 aliphatic heterocycles. The second-order valence-corrected chi connectivity index (χ2v) is 7.93. The second kappa shape index (κ2) is 6.30. The smallest absolute Gasteiger partial charge is 0.00143 e. The van der Waals surface area contributed by atoms with E-state index >= 15 is 0 Å². The summed E-state index contributed by atoms with van der Waals surface area (Å²) in [6, 6.07) is 31.1. The van der Waals surface area contributed by atoms with E-state index < -0.39 is 0 Å². The highest BCUT2D eigenvalue weighted by atomic mass is 14.1. The zero-order chi connectivity index (χ0) is 20.2. The van der Waals surface area contributed by atoms with Gasteiger partial charge in [-0.3, -0.25) is 0 Å². The highest BCUT2D eigenvalue weighted by molar-refractivity contribution is 6.32. The third-order valence-electron chi connectivity index (χ3n) is 6.30. The molecule has 0 spiro atoms. The molecule has 140 valence electrons. The fraction of sp³-hybridized carbons (Fsp3) is 0. The first-order valence-corrected chi connectivity index (χ1v) is 10.3. The van der Waals surface area contributed by atoms with Crippen molar-refractivity contribution in [2.75, 3.05) is 0 Å². The van der Waals surface area contributed by atoms with Crippen molar-refractivity contribution in [2.24, 2.45) is 0 Å². The van der Waals surface area contributed by atoms with Gasteiger partial charge in [0.1, 0.15) is 0 Å². The zero-order valence-electron chi connectivity index (χ0n) is 16.7. The Morgan fingerprint density at radius 1 is 0.400 bits per heavy atom. The van der Waals surface area contributed by atoms with E-state index in [4.69, 9.17) is 0 Å². The first-order chi connectivity index (χ1) is 14.8. The molecule has 6 rings (SSSR count). The van der Waals surface area contributed by atoms with Gasteiger partial charge >= 0.3 is 0 Å². The molecule has 0 saturated carbocycles. The van der Waals surface area contributed by atoms with E-state index in [-0.39, 0.29) is 0 Å². The van der Waals surface area contributed by atoms with Crippen LogP contribution < -0.4 is 0 Å². The minimum atomic E-state index is 1.15. The van der Waals surface area contributed by atoms with Crippen LogP contribution in [0.3, 0.4) is 0 Å².